The van der Waals surface area contributed by atoms with Crippen LogP contribution in [0.2, 0.25) is 0 Å². The molecule has 0 spiro atoms. The molecule has 96 valence electrons. The van der Waals surface area contributed by atoms with E-state index in [1.807, 2.05) is 11.8 Å². The van der Waals surface area contributed by atoms with Crippen LogP contribution in [0.4, 0.5) is 5.13 Å². The molecule has 0 bridgehead atoms. The lowest BCUT2D eigenvalue weighted by Gasteiger charge is -2.17. The highest BCUT2D eigenvalue weighted by Gasteiger charge is 2.21. The number of nitrogens with zero attached hydrogens (tertiary/aromatic N) is 2. The first kappa shape index (κ1) is 12.8. The first-order valence-corrected chi connectivity index (χ1v) is 8.28. The molecule has 5 nitrogen and oxygen atoms in total. The van der Waals surface area contributed by atoms with Crippen LogP contribution in [-0.4, -0.2) is 38.0 Å². The van der Waals surface area contributed by atoms with Gasteiger partial charge in [0.05, 0.1) is 11.5 Å². The highest BCUT2D eigenvalue weighted by Crippen LogP contribution is 2.26. The normalized spacial score (nSPS) is 22.1. The smallest absolute Gasteiger partial charge is 0.185 e. The maximum Gasteiger partial charge on any atom is 0.185 e. The van der Waals surface area contributed by atoms with E-state index in [0.717, 1.165) is 16.6 Å². The van der Waals surface area contributed by atoms with Crippen molar-refractivity contribution >= 4 is 26.3 Å². The van der Waals surface area contributed by atoms with Gasteiger partial charge in [-0.3, -0.25) is 0 Å². The molecule has 0 radical (unpaired) electrons. The molecule has 0 aromatic carbocycles. The van der Waals surface area contributed by atoms with Gasteiger partial charge in [0.15, 0.2) is 15.0 Å². The highest BCUT2D eigenvalue weighted by molar-refractivity contribution is 7.91. The van der Waals surface area contributed by atoms with Crippen LogP contribution in [0.15, 0.2) is 6.20 Å². The summed E-state index contributed by atoms with van der Waals surface area (Å²) in [5, 5.41) is 0.884. The van der Waals surface area contributed by atoms with Crippen molar-refractivity contribution in [2.24, 2.45) is 5.73 Å². The van der Waals surface area contributed by atoms with Crippen molar-refractivity contribution < 1.29 is 8.42 Å². The van der Waals surface area contributed by atoms with Crippen molar-refractivity contribution in [2.45, 2.75) is 19.4 Å². The Morgan fingerprint density at radius 2 is 2.24 bits per heavy atom. The zero-order valence-electron chi connectivity index (χ0n) is 9.80. The second-order valence-electron chi connectivity index (χ2n) is 4.33. The van der Waals surface area contributed by atoms with Crippen molar-refractivity contribution in [3.05, 3.63) is 11.1 Å². The van der Waals surface area contributed by atoms with Crippen LogP contribution in [0.1, 0.15) is 24.3 Å². The van der Waals surface area contributed by atoms with Gasteiger partial charge in [0.25, 0.3) is 0 Å². The minimum Gasteiger partial charge on any atom is -0.347 e. The van der Waals surface area contributed by atoms with E-state index in [-0.39, 0.29) is 17.5 Å². The number of nitrogens with two attached hydrogens (primary N) is 1. The van der Waals surface area contributed by atoms with Gasteiger partial charge in [-0.05, 0) is 13.3 Å². The third kappa shape index (κ3) is 3.17. The predicted molar refractivity (Wildman–Crippen MR) is 70.2 cm³/mol. The van der Waals surface area contributed by atoms with Crippen LogP contribution in [0.25, 0.3) is 0 Å². The number of sulfone groups is 1. The Balaban J connectivity index is 2.11. The lowest BCUT2D eigenvalue weighted by molar-refractivity contribution is 0.597. The second kappa shape index (κ2) is 4.91. The van der Waals surface area contributed by atoms with Gasteiger partial charge in [0, 0.05) is 30.2 Å². The summed E-state index contributed by atoms with van der Waals surface area (Å²) in [4.78, 5) is 7.40. The minimum absolute atomic E-state index is 0.0167. The van der Waals surface area contributed by atoms with E-state index in [0.29, 0.717) is 13.0 Å². The number of hydrogen-bond donors (Lipinski definition) is 1. The van der Waals surface area contributed by atoms with E-state index in [4.69, 9.17) is 5.73 Å². The molecule has 1 unspecified atom stereocenters. The average molecular weight is 275 g/mol. The van der Waals surface area contributed by atoms with Crippen LogP contribution in [0, 0.1) is 0 Å². The van der Waals surface area contributed by atoms with E-state index in [2.05, 4.69) is 4.98 Å². The van der Waals surface area contributed by atoms with Crippen LogP contribution in [-0.2, 0) is 9.84 Å². The molecule has 2 rings (SSSR count). The second-order valence-corrected chi connectivity index (χ2v) is 7.67. The number of anilines is 1. The van der Waals surface area contributed by atoms with Gasteiger partial charge in [-0.2, -0.15) is 0 Å². The van der Waals surface area contributed by atoms with Crippen molar-refractivity contribution in [3.8, 4) is 0 Å². The molecular weight excluding hydrogens is 258 g/mol. The van der Waals surface area contributed by atoms with Gasteiger partial charge >= 0.3 is 0 Å². The van der Waals surface area contributed by atoms with Crippen molar-refractivity contribution in [3.63, 3.8) is 0 Å². The van der Waals surface area contributed by atoms with Crippen LogP contribution < -0.4 is 10.6 Å². The summed E-state index contributed by atoms with van der Waals surface area (Å²) >= 11 is 1.55. The Labute approximate surface area is 106 Å². The fraction of sp³-hybridized carbons (Fsp3) is 0.700. The topological polar surface area (TPSA) is 76.3 Å². The molecule has 1 aliphatic heterocycles. The number of rotatable bonds is 2. The quantitative estimate of drug-likeness (QED) is 0.863. The van der Waals surface area contributed by atoms with Crippen LogP contribution >= 0.6 is 11.3 Å². The predicted octanol–water partition coefficient (Wildman–Crippen LogP) is 0.788. The Morgan fingerprint density at radius 1 is 1.47 bits per heavy atom. The lowest BCUT2D eigenvalue weighted by Crippen LogP contribution is -2.26. The molecule has 1 aliphatic rings. The maximum absolute atomic E-state index is 11.5. The van der Waals surface area contributed by atoms with Crippen LogP contribution in [0.3, 0.4) is 0 Å². The van der Waals surface area contributed by atoms with Gasteiger partial charge < -0.3 is 10.6 Å². The molecule has 1 aromatic heterocycles. The summed E-state index contributed by atoms with van der Waals surface area (Å²) in [6, 6.07) is -0.0167. The molecule has 17 heavy (non-hydrogen) atoms. The van der Waals surface area contributed by atoms with Gasteiger partial charge in [0.2, 0.25) is 0 Å². The molecule has 1 atom stereocenters. The maximum atomic E-state index is 11.5. The first-order chi connectivity index (χ1) is 7.98. The minimum atomic E-state index is -2.86. The molecule has 2 N–H and O–H groups in total. The highest BCUT2D eigenvalue weighted by atomic mass is 32.2. The SMILES string of the molecule is CC(N)c1cnc(N2CCCS(=O)(=O)CC2)s1. The van der Waals surface area contributed by atoms with E-state index in [1.54, 1.807) is 17.5 Å². The summed E-state index contributed by atoms with van der Waals surface area (Å²) in [5.74, 6) is 0.509. The third-order valence-electron chi connectivity index (χ3n) is 2.79. The molecule has 0 saturated carbocycles. The number of hydrogen-bond acceptors (Lipinski definition) is 6. The van der Waals surface area contributed by atoms with Crippen molar-refractivity contribution in [1.82, 2.24) is 4.98 Å². The lowest BCUT2D eigenvalue weighted by atomic mass is 10.3. The zero-order valence-corrected chi connectivity index (χ0v) is 11.4. The van der Waals surface area contributed by atoms with Gasteiger partial charge in [-0.15, -0.1) is 11.3 Å². The molecule has 1 saturated heterocycles. The summed E-state index contributed by atoms with van der Waals surface area (Å²) < 4.78 is 23.0. The molecule has 7 heteroatoms. The van der Waals surface area contributed by atoms with Gasteiger partial charge in [-0.1, -0.05) is 0 Å². The van der Waals surface area contributed by atoms with Crippen molar-refractivity contribution in [1.29, 1.82) is 0 Å². The largest absolute Gasteiger partial charge is 0.347 e. The molecule has 1 fully saturated rings. The standard InChI is InChI=1S/C10H17N3O2S2/c1-8(11)9-7-12-10(16-9)13-3-2-5-17(14,15)6-4-13/h7-8H,2-6,11H2,1H3. The van der Waals surface area contributed by atoms with Crippen LogP contribution in [0.5, 0.6) is 0 Å². The molecule has 0 aliphatic carbocycles. The van der Waals surface area contributed by atoms with E-state index in [9.17, 15) is 8.42 Å². The molecule has 0 amide bonds. The summed E-state index contributed by atoms with van der Waals surface area (Å²) in [7, 11) is -2.86. The summed E-state index contributed by atoms with van der Waals surface area (Å²) in [5.41, 5.74) is 5.79. The molecule has 1 aromatic rings. The van der Waals surface area contributed by atoms with E-state index >= 15 is 0 Å². The van der Waals surface area contributed by atoms with Gasteiger partial charge in [-0.25, -0.2) is 13.4 Å². The molecular formula is C10H17N3O2S2. The number of thiazole rings is 1. The average Bonchev–Trinajstić information content (AvgIpc) is 2.65. The number of aromatic nitrogens is 1. The first-order valence-electron chi connectivity index (χ1n) is 5.64. The Bertz CT molecular complexity index is 481. The fourth-order valence-electron chi connectivity index (χ4n) is 1.76. The summed E-state index contributed by atoms with van der Waals surface area (Å²) in [6.45, 7) is 3.21. The summed E-state index contributed by atoms with van der Waals surface area (Å²) in [6.07, 6.45) is 2.46. The Morgan fingerprint density at radius 3 is 2.88 bits per heavy atom. The molecule has 2 heterocycles. The third-order valence-corrected chi connectivity index (χ3v) is 5.76. The fourth-order valence-corrected chi connectivity index (χ4v) is 3.95. The monoisotopic (exact) mass is 275 g/mol. The van der Waals surface area contributed by atoms with E-state index in [1.165, 1.54) is 0 Å². The van der Waals surface area contributed by atoms with Gasteiger partial charge in [0.1, 0.15) is 0 Å². The zero-order chi connectivity index (χ0) is 12.5. The van der Waals surface area contributed by atoms with Crippen molar-refractivity contribution in [2.75, 3.05) is 29.5 Å². The van der Waals surface area contributed by atoms with E-state index < -0.39 is 9.84 Å². The Hall–Kier alpha value is -0.660. The Kier molecular flexibility index (Phi) is 3.70.